The van der Waals surface area contributed by atoms with Crippen LogP contribution in [0, 0.1) is 0 Å². The quantitative estimate of drug-likeness (QED) is 0.773. The van der Waals surface area contributed by atoms with Gasteiger partial charge < -0.3 is 19.6 Å². The minimum absolute atomic E-state index is 0.169. The Morgan fingerprint density at radius 3 is 2.58 bits per heavy atom. The fourth-order valence-electron chi connectivity index (χ4n) is 4.69. The van der Waals surface area contributed by atoms with Gasteiger partial charge in [-0.2, -0.15) is 0 Å². The van der Waals surface area contributed by atoms with Crippen LogP contribution >= 0.6 is 0 Å². The van der Waals surface area contributed by atoms with Crippen molar-refractivity contribution in [3.63, 3.8) is 0 Å². The summed E-state index contributed by atoms with van der Waals surface area (Å²) in [5.74, 6) is 1.07. The highest BCUT2D eigenvalue weighted by molar-refractivity contribution is 5.94. The number of benzene rings is 2. The van der Waals surface area contributed by atoms with E-state index in [1.165, 1.54) is 5.56 Å². The Hall–Kier alpha value is -2.57. The van der Waals surface area contributed by atoms with Crippen molar-refractivity contribution in [1.29, 1.82) is 0 Å². The molecule has 0 radical (unpaired) electrons. The summed E-state index contributed by atoms with van der Waals surface area (Å²) < 4.78 is 5.50. The molecule has 1 saturated heterocycles. The van der Waals surface area contributed by atoms with Crippen LogP contribution in [0.4, 0.5) is 11.4 Å². The first-order chi connectivity index (χ1) is 15.1. The highest BCUT2D eigenvalue weighted by Crippen LogP contribution is 2.31. The molecule has 2 heterocycles. The molecule has 1 fully saturated rings. The average molecular weight is 424 g/mol. The van der Waals surface area contributed by atoms with E-state index < -0.39 is 6.10 Å². The topological polar surface area (TPSA) is 56.3 Å². The van der Waals surface area contributed by atoms with E-state index in [2.05, 4.69) is 21.9 Å². The third-order valence-electron chi connectivity index (χ3n) is 6.44. The molecule has 2 aromatic carbocycles. The minimum atomic E-state index is -0.527. The summed E-state index contributed by atoms with van der Waals surface area (Å²) in [5, 5.41) is 10.9. The van der Waals surface area contributed by atoms with Crippen molar-refractivity contribution < 1.29 is 14.6 Å². The molecule has 2 aromatic rings. The van der Waals surface area contributed by atoms with Crippen LogP contribution in [0.25, 0.3) is 0 Å². The molecule has 166 valence electrons. The van der Waals surface area contributed by atoms with Gasteiger partial charge in [0.05, 0.1) is 18.9 Å². The first-order valence-electron chi connectivity index (χ1n) is 11.3. The summed E-state index contributed by atoms with van der Waals surface area (Å²) in [7, 11) is 1.71. The minimum Gasteiger partial charge on any atom is -0.495 e. The summed E-state index contributed by atoms with van der Waals surface area (Å²) in [6.45, 7) is 6.94. The number of amides is 1. The van der Waals surface area contributed by atoms with E-state index in [0.29, 0.717) is 13.0 Å². The van der Waals surface area contributed by atoms with Crippen molar-refractivity contribution in [2.24, 2.45) is 0 Å². The lowest BCUT2D eigenvalue weighted by atomic mass is 9.96. The number of methoxy groups -OCH3 is 1. The Labute approximate surface area is 185 Å². The van der Waals surface area contributed by atoms with E-state index in [1.54, 1.807) is 7.11 Å². The summed E-state index contributed by atoms with van der Waals surface area (Å²) in [6, 6.07) is 14.2. The molecule has 6 nitrogen and oxygen atoms in total. The second kappa shape index (κ2) is 9.71. The van der Waals surface area contributed by atoms with Gasteiger partial charge in [-0.25, -0.2) is 0 Å². The van der Waals surface area contributed by atoms with E-state index >= 15 is 0 Å². The number of aliphatic hydroxyl groups excluding tert-OH is 1. The van der Waals surface area contributed by atoms with Crippen molar-refractivity contribution in [3.8, 4) is 5.75 Å². The molecule has 1 N–H and O–H groups in total. The number of hydrogen-bond donors (Lipinski definition) is 1. The number of ether oxygens (including phenoxy) is 1. The largest absolute Gasteiger partial charge is 0.495 e. The lowest BCUT2D eigenvalue weighted by Gasteiger charge is -2.37. The zero-order chi connectivity index (χ0) is 21.8. The Kier molecular flexibility index (Phi) is 6.78. The molecule has 1 amide bonds. The Morgan fingerprint density at radius 1 is 1.06 bits per heavy atom. The van der Waals surface area contributed by atoms with Gasteiger partial charge in [-0.15, -0.1) is 0 Å². The van der Waals surface area contributed by atoms with Crippen LogP contribution in [0.5, 0.6) is 5.75 Å². The molecule has 2 aliphatic rings. The van der Waals surface area contributed by atoms with E-state index in [1.807, 2.05) is 42.2 Å². The van der Waals surface area contributed by atoms with Crippen LogP contribution in [-0.2, 0) is 11.2 Å². The number of fused-ring (bicyclic) bond motifs is 1. The molecular weight excluding hydrogens is 390 g/mol. The zero-order valence-electron chi connectivity index (χ0n) is 18.6. The summed E-state index contributed by atoms with van der Waals surface area (Å²) >= 11 is 0. The number of nitrogens with zero attached hydrogens (tertiary/aromatic N) is 3. The fraction of sp³-hybridized carbons (Fsp3) is 0.480. The second-order valence-electron chi connectivity index (χ2n) is 8.37. The maximum Gasteiger partial charge on any atom is 0.226 e. The summed E-state index contributed by atoms with van der Waals surface area (Å²) in [6.07, 6.45) is 1.93. The number of carbonyl (C=O) groups is 1. The molecule has 0 saturated carbocycles. The van der Waals surface area contributed by atoms with Gasteiger partial charge in [0.2, 0.25) is 5.91 Å². The fourth-order valence-corrected chi connectivity index (χ4v) is 4.69. The SMILES string of the molecule is CCC(=O)N1CCCc2cc([C@H](O)CN3CCN(c4ccccc4OC)CC3)ccc21. The molecule has 1 atom stereocenters. The molecule has 0 bridgehead atoms. The lowest BCUT2D eigenvalue weighted by molar-refractivity contribution is -0.118. The molecule has 0 aromatic heterocycles. The third kappa shape index (κ3) is 4.70. The van der Waals surface area contributed by atoms with E-state index in [9.17, 15) is 9.90 Å². The molecule has 4 rings (SSSR count). The van der Waals surface area contributed by atoms with Gasteiger partial charge in [0.15, 0.2) is 0 Å². The summed E-state index contributed by atoms with van der Waals surface area (Å²) in [5.41, 5.74) is 4.26. The number of para-hydroxylation sites is 2. The number of rotatable bonds is 6. The normalized spacial score (nSPS) is 17.9. The monoisotopic (exact) mass is 423 g/mol. The van der Waals surface area contributed by atoms with E-state index in [-0.39, 0.29) is 5.91 Å². The third-order valence-corrected chi connectivity index (χ3v) is 6.44. The molecule has 31 heavy (non-hydrogen) atoms. The number of aryl methyl sites for hydroxylation is 1. The van der Waals surface area contributed by atoms with Crippen molar-refractivity contribution >= 4 is 17.3 Å². The molecule has 0 unspecified atom stereocenters. The van der Waals surface area contributed by atoms with Gasteiger partial charge in [0.1, 0.15) is 5.75 Å². The van der Waals surface area contributed by atoms with Crippen molar-refractivity contribution in [3.05, 3.63) is 53.6 Å². The van der Waals surface area contributed by atoms with Crippen molar-refractivity contribution in [1.82, 2.24) is 4.90 Å². The Morgan fingerprint density at radius 2 is 1.84 bits per heavy atom. The standard InChI is InChI=1S/C25H33N3O3/c1-3-25(30)28-12-6-7-19-17-20(10-11-21(19)28)23(29)18-26-13-15-27(16-14-26)22-8-4-5-9-24(22)31-2/h4-5,8-11,17,23,29H,3,6-7,12-16,18H2,1-2H3/t23-/m1/s1. The van der Waals surface area contributed by atoms with Gasteiger partial charge in [-0.1, -0.05) is 31.2 Å². The molecule has 2 aliphatic heterocycles. The molecular formula is C25H33N3O3. The number of β-amino-alcohol motifs (C(OH)–C–C–N with tert-alkyl or cyclic N) is 1. The van der Waals surface area contributed by atoms with Crippen LogP contribution in [0.1, 0.15) is 37.0 Å². The van der Waals surface area contributed by atoms with Gasteiger partial charge >= 0.3 is 0 Å². The first kappa shape index (κ1) is 21.7. The Bertz CT molecular complexity index is 909. The van der Waals surface area contributed by atoms with Crippen LogP contribution in [0.15, 0.2) is 42.5 Å². The highest BCUT2D eigenvalue weighted by atomic mass is 16.5. The zero-order valence-corrected chi connectivity index (χ0v) is 18.6. The molecule has 6 heteroatoms. The summed E-state index contributed by atoms with van der Waals surface area (Å²) in [4.78, 5) is 18.8. The molecule has 0 spiro atoms. The van der Waals surface area contributed by atoms with Crippen LogP contribution in [-0.4, -0.2) is 62.3 Å². The predicted octanol–water partition coefficient (Wildman–Crippen LogP) is 3.24. The van der Waals surface area contributed by atoms with Crippen LogP contribution < -0.4 is 14.5 Å². The number of piperazine rings is 1. The van der Waals surface area contributed by atoms with Gasteiger partial charge in [-0.05, 0) is 42.2 Å². The van der Waals surface area contributed by atoms with E-state index in [0.717, 1.165) is 68.3 Å². The predicted molar refractivity (Wildman–Crippen MR) is 124 cm³/mol. The van der Waals surface area contributed by atoms with Crippen LogP contribution in [0.3, 0.4) is 0 Å². The number of aliphatic hydroxyl groups is 1. The van der Waals surface area contributed by atoms with Crippen molar-refractivity contribution in [2.45, 2.75) is 32.3 Å². The average Bonchev–Trinajstić information content (AvgIpc) is 2.83. The van der Waals surface area contributed by atoms with Gasteiger partial charge in [-0.3, -0.25) is 9.69 Å². The number of hydrogen-bond acceptors (Lipinski definition) is 5. The van der Waals surface area contributed by atoms with Crippen molar-refractivity contribution in [2.75, 3.05) is 56.2 Å². The van der Waals surface area contributed by atoms with Gasteiger partial charge in [0, 0.05) is 51.4 Å². The second-order valence-corrected chi connectivity index (χ2v) is 8.37. The van der Waals surface area contributed by atoms with E-state index in [4.69, 9.17) is 4.74 Å². The lowest BCUT2D eigenvalue weighted by Crippen LogP contribution is -2.47. The number of anilines is 2. The Balaban J connectivity index is 1.37. The van der Waals surface area contributed by atoms with Crippen LogP contribution in [0.2, 0.25) is 0 Å². The smallest absolute Gasteiger partial charge is 0.226 e. The maximum absolute atomic E-state index is 12.2. The van der Waals surface area contributed by atoms with Gasteiger partial charge in [0.25, 0.3) is 0 Å². The first-order valence-corrected chi connectivity index (χ1v) is 11.3. The highest BCUT2D eigenvalue weighted by Gasteiger charge is 2.24. The number of carbonyl (C=O) groups excluding carboxylic acids is 1. The maximum atomic E-state index is 12.2. The molecule has 0 aliphatic carbocycles.